The highest BCUT2D eigenvalue weighted by atomic mass is 35.5. The Morgan fingerprint density at radius 2 is 1.83 bits per heavy atom. The number of benzene rings is 2. The molecule has 2 aromatic carbocycles. The van der Waals surface area contributed by atoms with Gasteiger partial charge in [-0.1, -0.05) is 30.2 Å². The molecule has 0 bridgehead atoms. The number of aromatic nitrogens is 3. The molecule has 1 fully saturated rings. The maximum Gasteiger partial charge on any atom is 0.351 e. The molecule has 0 atom stereocenters. The summed E-state index contributed by atoms with van der Waals surface area (Å²) >= 11 is 5.98. The zero-order chi connectivity index (χ0) is 24.9. The summed E-state index contributed by atoms with van der Waals surface area (Å²) in [6.07, 6.45) is 4.79. The van der Waals surface area contributed by atoms with Crippen molar-refractivity contribution in [1.29, 1.82) is 0 Å². The largest absolute Gasteiger partial charge is 0.352 e. The van der Waals surface area contributed by atoms with Crippen LogP contribution >= 0.6 is 11.6 Å². The summed E-state index contributed by atoms with van der Waals surface area (Å²) in [5, 5.41) is 7.21. The van der Waals surface area contributed by atoms with E-state index < -0.39 is 11.5 Å². The number of carbonyl (C=O) groups excluding carboxylic acids is 1. The second kappa shape index (κ2) is 11.2. The van der Waals surface area contributed by atoms with Crippen molar-refractivity contribution in [2.75, 3.05) is 19.6 Å². The Morgan fingerprint density at radius 1 is 1.11 bits per heavy atom. The number of likely N-dealkylation sites (tertiary alicyclic amines) is 1. The van der Waals surface area contributed by atoms with E-state index >= 15 is 0 Å². The Bertz CT molecular complexity index is 1230. The van der Waals surface area contributed by atoms with Gasteiger partial charge in [0, 0.05) is 18.2 Å². The minimum Gasteiger partial charge on any atom is -0.352 e. The van der Waals surface area contributed by atoms with E-state index in [1.165, 1.54) is 52.3 Å². The first-order valence-corrected chi connectivity index (χ1v) is 12.5. The second-order valence-corrected chi connectivity index (χ2v) is 9.68. The first-order valence-electron chi connectivity index (χ1n) is 12.1. The third-order valence-corrected chi connectivity index (χ3v) is 6.43. The quantitative estimate of drug-likeness (QED) is 0.507. The Labute approximate surface area is 209 Å². The van der Waals surface area contributed by atoms with E-state index in [-0.39, 0.29) is 29.3 Å². The van der Waals surface area contributed by atoms with Gasteiger partial charge in [-0.05, 0) is 82.1 Å². The number of hydrogen-bond acceptors (Lipinski definition) is 4. The lowest BCUT2D eigenvalue weighted by Gasteiger charge is -2.26. The Balaban J connectivity index is 1.62. The number of amides is 1. The van der Waals surface area contributed by atoms with E-state index in [4.69, 9.17) is 11.6 Å². The first-order chi connectivity index (χ1) is 16.8. The Morgan fingerprint density at radius 3 is 2.49 bits per heavy atom. The zero-order valence-corrected chi connectivity index (χ0v) is 20.9. The molecule has 1 saturated heterocycles. The smallest absolute Gasteiger partial charge is 0.351 e. The summed E-state index contributed by atoms with van der Waals surface area (Å²) in [4.78, 5) is 28.3. The molecule has 9 heteroatoms. The normalized spacial score (nSPS) is 14.4. The summed E-state index contributed by atoms with van der Waals surface area (Å²) in [6.45, 7) is 6.82. The van der Waals surface area contributed by atoms with Crippen molar-refractivity contribution in [2.45, 2.75) is 52.1 Å². The number of rotatable bonds is 8. The maximum atomic E-state index is 13.7. The monoisotopic (exact) mass is 499 g/mol. The minimum atomic E-state index is -0.568. The fraction of sp³-hybridized carbons (Fsp3) is 0.423. The molecule has 3 aromatic rings. The van der Waals surface area contributed by atoms with Gasteiger partial charge in [0.2, 0.25) is 5.91 Å². The van der Waals surface area contributed by atoms with Crippen LogP contribution in [0.2, 0.25) is 5.02 Å². The van der Waals surface area contributed by atoms with Crippen LogP contribution in [-0.4, -0.2) is 50.8 Å². The lowest BCUT2D eigenvalue weighted by Crippen LogP contribution is -2.36. The molecule has 186 valence electrons. The predicted molar refractivity (Wildman–Crippen MR) is 136 cm³/mol. The Kier molecular flexibility index (Phi) is 8.03. The third kappa shape index (κ3) is 6.18. The van der Waals surface area contributed by atoms with E-state index in [0.717, 1.165) is 26.1 Å². The molecular formula is C26H31ClFN5O2. The second-order valence-electron chi connectivity index (χ2n) is 9.27. The van der Waals surface area contributed by atoms with Crippen molar-refractivity contribution >= 4 is 17.5 Å². The molecule has 1 N–H and O–H groups in total. The van der Waals surface area contributed by atoms with E-state index in [1.807, 2.05) is 38.1 Å². The molecule has 35 heavy (non-hydrogen) atoms. The number of nitrogens with zero attached hydrogens (tertiary/aromatic N) is 4. The highest BCUT2D eigenvalue weighted by Gasteiger charge is 2.20. The van der Waals surface area contributed by atoms with Crippen molar-refractivity contribution < 1.29 is 9.18 Å². The highest BCUT2D eigenvalue weighted by molar-refractivity contribution is 6.31. The number of carbonyl (C=O) groups is 1. The molecule has 1 aliphatic heterocycles. The lowest BCUT2D eigenvalue weighted by atomic mass is 10.1. The average molecular weight is 500 g/mol. The van der Waals surface area contributed by atoms with E-state index in [0.29, 0.717) is 11.3 Å². The number of hydrogen-bond donors (Lipinski definition) is 1. The van der Waals surface area contributed by atoms with Gasteiger partial charge in [-0.15, -0.1) is 5.10 Å². The molecule has 0 spiro atoms. The molecule has 0 unspecified atom stereocenters. The standard InChI is InChI=1S/C26H31ClFN5O2/c1-18(2)29-24(34)17-32-25(20-8-11-23(28)22(27)16-20)30-33(26(32)35)21-9-6-19(7-10-21)12-15-31-13-4-3-5-14-31/h6-11,16,18H,3-5,12-15,17H2,1-2H3,(H,29,34). The van der Waals surface area contributed by atoms with Gasteiger partial charge < -0.3 is 10.2 Å². The molecule has 7 nitrogen and oxygen atoms in total. The molecule has 0 aliphatic carbocycles. The van der Waals surface area contributed by atoms with Gasteiger partial charge in [-0.2, -0.15) is 4.68 Å². The maximum absolute atomic E-state index is 13.7. The number of piperidine rings is 1. The van der Waals surface area contributed by atoms with Crippen LogP contribution in [-0.2, 0) is 17.8 Å². The zero-order valence-electron chi connectivity index (χ0n) is 20.1. The van der Waals surface area contributed by atoms with Crippen molar-refractivity contribution in [3.63, 3.8) is 0 Å². The summed E-state index contributed by atoms with van der Waals surface area (Å²) in [5.74, 6) is -0.643. The van der Waals surface area contributed by atoms with Gasteiger partial charge in [0.1, 0.15) is 12.4 Å². The average Bonchev–Trinajstić information content (AvgIpc) is 3.16. The topological polar surface area (TPSA) is 72.2 Å². The van der Waals surface area contributed by atoms with Gasteiger partial charge in [-0.25, -0.2) is 9.18 Å². The minimum absolute atomic E-state index is 0.0746. The van der Waals surface area contributed by atoms with Crippen LogP contribution in [0, 0.1) is 5.82 Å². The highest BCUT2D eigenvalue weighted by Crippen LogP contribution is 2.24. The first kappa shape index (κ1) is 25.1. The lowest BCUT2D eigenvalue weighted by molar-refractivity contribution is -0.122. The van der Waals surface area contributed by atoms with Crippen molar-refractivity contribution in [3.8, 4) is 17.1 Å². The van der Waals surface area contributed by atoms with Crippen molar-refractivity contribution in [2.24, 2.45) is 0 Å². The van der Waals surface area contributed by atoms with E-state index in [9.17, 15) is 14.0 Å². The van der Waals surface area contributed by atoms with Crippen LogP contribution < -0.4 is 11.0 Å². The van der Waals surface area contributed by atoms with Crippen molar-refractivity contribution in [3.05, 3.63) is 69.4 Å². The fourth-order valence-electron chi connectivity index (χ4n) is 4.34. The van der Waals surface area contributed by atoms with Gasteiger partial charge >= 0.3 is 5.69 Å². The summed E-state index contributed by atoms with van der Waals surface area (Å²) in [7, 11) is 0. The van der Waals surface area contributed by atoms with Crippen LogP contribution in [0.3, 0.4) is 0 Å². The van der Waals surface area contributed by atoms with Gasteiger partial charge in [0.15, 0.2) is 5.82 Å². The SMILES string of the molecule is CC(C)NC(=O)Cn1c(-c2ccc(F)c(Cl)c2)nn(-c2ccc(CCN3CCCCC3)cc2)c1=O. The molecule has 0 radical (unpaired) electrons. The number of nitrogens with one attached hydrogen (secondary N) is 1. The predicted octanol–water partition coefficient (Wildman–Crippen LogP) is 4.05. The molecule has 1 aromatic heterocycles. The van der Waals surface area contributed by atoms with E-state index in [1.54, 1.807) is 0 Å². The summed E-state index contributed by atoms with van der Waals surface area (Å²) in [6, 6.07) is 11.8. The van der Waals surface area contributed by atoms with Crippen LogP contribution in [0.5, 0.6) is 0 Å². The molecule has 1 aliphatic rings. The third-order valence-electron chi connectivity index (χ3n) is 6.14. The molecule has 1 amide bonds. The van der Waals surface area contributed by atoms with Crippen LogP contribution in [0.4, 0.5) is 4.39 Å². The summed E-state index contributed by atoms with van der Waals surface area (Å²) < 4.78 is 16.3. The molecular weight excluding hydrogens is 469 g/mol. The summed E-state index contributed by atoms with van der Waals surface area (Å²) in [5.41, 5.74) is 1.77. The van der Waals surface area contributed by atoms with Gasteiger partial charge in [0.05, 0.1) is 10.7 Å². The number of halogens is 2. The van der Waals surface area contributed by atoms with Crippen LogP contribution in [0.1, 0.15) is 38.7 Å². The van der Waals surface area contributed by atoms with Gasteiger partial charge in [-0.3, -0.25) is 9.36 Å². The van der Waals surface area contributed by atoms with Crippen molar-refractivity contribution in [1.82, 2.24) is 24.6 Å². The van der Waals surface area contributed by atoms with E-state index in [2.05, 4.69) is 15.3 Å². The van der Waals surface area contributed by atoms with Crippen LogP contribution in [0.25, 0.3) is 17.1 Å². The Hall–Kier alpha value is -2.97. The van der Waals surface area contributed by atoms with Gasteiger partial charge in [0.25, 0.3) is 0 Å². The fourth-order valence-corrected chi connectivity index (χ4v) is 4.52. The molecule has 0 saturated carbocycles. The molecule has 2 heterocycles. The molecule has 4 rings (SSSR count). The van der Waals surface area contributed by atoms with Crippen LogP contribution in [0.15, 0.2) is 47.3 Å².